The highest BCUT2D eigenvalue weighted by Crippen LogP contribution is 2.10. The number of nitrogens with one attached hydrogen (secondary N) is 1. The topological polar surface area (TPSA) is 95.9 Å². The van der Waals surface area contributed by atoms with Gasteiger partial charge in [-0.15, -0.1) is 0 Å². The molecular weight excluding hydrogens is 296 g/mol. The Kier molecular flexibility index (Phi) is 6.76. The standard InChI is InChI=1S/C13H20N2O5S/c1-15(2)8-10-20-9-7-14-21(18,19)12-5-3-11(4-6-12)13(16)17/h3-6,14H,7-10H2,1-2H3,(H,16,17). The number of ether oxygens (including phenoxy) is 1. The number of hydrogen-bond donors (Lipinski definition) is 2. The lowest BCUT2D eigenvalue weighted by Gasteiger charge is -2.10. The van der Waals surface area contributed by atoms with Gasteiger partial charge in [-0.2, -0.15) is 0 Å². The molecule has 0 aliphatic rings. The zero-order valence-electron chi connectivity index (χ0n) is 12.1. The molecule has 0 radical (unpaired) electrons. The molecule has 8 heteroatoms. The van der Waals surface area contributed by atoms with Crippen LogP contribution in [-0.2, 0) is 14.8 Å². The van der Waals surface area contributed by atoms with Crippen molar-refractivity contribution in [3.63, 3.8) is 0 Å². The average Bonchev–Trinajstić information content (AvgIpc) is 2.42. The van der Waals surface area contributed by atoms with Crippen molar-refractivity contribution in [1.29, 1.82) is 0 Å². The van der Waals surface area contributed by atoms with Crippen LogP contribution in [-0.4, -0.2) is 64.8 Å². The van der Waals surface area contributed by atoms with Crippen LogP contribution >= 0.6 is 0 Å². The summed E-state index contributed by atoms with van der Waals surface area (Å²) < 4.78 is 31.5. The van der Waals surface area contributed by atoms with Gasteiger partial charge >= 0.3 is 5.97 Å². The molecule has 0 saturated heterocycles. The number of carboxylic acid groups (broad SMARTS) is 1. The Morgan fingerprint density at radius 2 is 1.86 bits per heavy atom. The van der Waals surface area contributed by atoms with Gasteiger partial charge in [-0.1, -0.05) is 0 Å². The number of likely N-dealkylation sites (N-methyl/N-ethyl adjacent to an activating group) is 1. The number of benzene rings is 1. The SMILES string of the molecule is CN(C)CCOCCNS(=O)(=O)c1ccc(C(=O)O)cc1. The van der Waals surface area contributed by atoms with Crippen molar-refractivity contribution in [3.8, 4) is 0 Å². The van der Waals surface area contributed by atoms with Crippen molar-refractivity contribution in [3.05, 3.63) is 29.8 Å². The molecule has 0 saturated carbocycles. The molecule has 0 heterocycles. The third-order valence-corrected chi connectivity index (χ3v) is 4.11. The molecule has 1 rings (SSSR count). The van der Waals surface area contributed by atoms with E-state index >= 15 is 0 Å². The number of carboxylic acids is 1. The van der Waals surface area contributed by atoms with Gasteiger partial charge in [0, 0.05) is 13.1 Å². The minimum atomic E-state index is -3.64. The summed E-state index contributed by atoms with van der Waals surface area (Å²) in [6.07, 6.45) is 0. The zero-order chi connectivity index (χ0) is 15.9. The van der Waals surface area contributed by atoms with Crippen LogP contribution < -0.4 is 4.72 Å². The van der Waals surface area contributed by atoms with Crippen LogP contribution in [0.5, 0.6) is 0 Å². The third kappa shape index (κ3) is 6.21. The fraction of sp³-hybridized carbons (Fsp3) is 0.462. The molecule has 0 fully saturated rings. The van der Waals surface area contributed by atoms with E-state index in [1.165, 1.54) is 24.3 Å². The lowest BCUT2D eigenvalue weighted by Crippen LogP contribution is -2.28. The molecule has 118 valence electrons. The molecule has 0 aliphatic heterocycles. The molecule has 1 aromatic rings. The average molecular weight is 316 g/mol. The molecule has 0 amide bonds. The first kappa shape index (κ1) is 17.6. The number of rotatable bonds is 9. The minimum absolute atomic E-state index is 0.0285. The van der Waals surface area contributed by atoms with E-state index in [1.807, 2.05) is 19.0 Å². The van der Waals surface area contributed by atoms with Gasteiger partial charge in [0.15, 0.2) is 0 Å². The Bertz CT molecular complexity index is 554. The van der Waals surface area contributed by atoms with E-state index in [2.05, 4.69) is 4.72 Å². The lowest BCUT2D eigenvalue weighted by atomic mass is 10.2. The molecule has 21 heavy (non-hydrogen) atoms. The van der Waals surface area contributed by atoms with Crippen LogP contribution in [0.1, 0.15) is 10.4 Å². The van der Waals surface area contributed by atoms with Crippen molar-refractivity contribution < 1.29 is 23.1 Å². The third-order valence-electron chi connectivity index (χ3n) is 2.63. The van der Waals surface area contributed by atoms with Gasteiger partial charge < -0.3 is 14.7 Å². The van der Waals surface area contributed by atoms with Crippen molar-refractivity contribution in [2.24, 2.45) is 0 Å². The van der Waals surface area contributed by atoms with E-state index in [4.69, 9.17) is 9.84 Å². The van der Waals surface area contributed by atoms with Gasteiger partial charge in [0.1, 0.15) is 0 Å². The van der Waals surface area contributed by atoms with Crippen LogP contribution in [0.4, 0.5) is 0 Å². The van der Waals surface area contributed by atoms with Crippen LogP contribution in [0.25, 0.3) is 0 Å². The van der Waals surface area contributed by atoms with Crippen molar-refractivity contribution in [1.82, 2.24) is 9.62 Å². The molecule has 2 N–H and O–H groups in total. The largest absolute Gasteiger partial charge is 0.478 e. The van der Waals surface area contributed by atoms with Crippen LogP contribution in [0.2, 0.25) is 0 Å². The molecule has 0 bridgehead atoms. The Hall–Kier alpha value is -1.48. The summed E-state index contributed by atoms with van der Waals surface area (Å²) in [6.45, 7) is 1.74. The first-order chi connectivity index (χ1) is 9.83. The van der Waals surface area contributed by atoms with Crippen molar-refractivity contribution in [2.75, 3.05) is 40.4 Å². The van der Waals surface area contributed by atoms with Gasteiger partial charge in [-0.25, -0.2) is 17.9 Å². The van der Waals surface area contributed by atoms with E-state index in [0.717, 1.165) is 6.54 Å². The number of nitrogens with zero attached hydrogens (tertiary/aromatic N) is 1. The second-order valence-corrected chi connectivity index (χ2v) is 6.41. The summed E-state index contributed by atoms with van der Waals surface area (Å²) in [7, 11) is 0.207. The Labute approximate surface area is 124 Å². The smallest absolute Gasteiger partial charge is 0.335 e. The summed E-state index contributed by atoms with van der Waals surface area (Å²) in [5, 5.41) is 8.76. The second-order valence-electron chi connectivity index (χ2n) is 4.64. The first-order valence-corrected chi connectivity index (χ1v) is 7.87. The molecule has 0 unspecified atom stereocenters. The highest BCUT2D eigenvalue weighted by atomic mass is 32.2. The summed E-state index contributed by atoms with van der Waals surface area (Å²) in [4.78, 5) is 12.7. The number of hydrogen-bond acceptors (Lipinski definition) is 5. The van der Waals surface area contributed by atoms with E-state index in [-0.39, 0.29) is 23.6 Å². The Balaban J connectivity index is 2.44. The summed E-state index contributed by atoms with van der Waals surface area (Å²) in [6, 6.07) is 5.03. The van der Waals surface area contributed by atoms with Gasteiger partial charge in [0.25, 0.3) is 0 Å². The fourth-order valence-electron chi connectivity index (χ4n) is 1.46. The maximum Gasteiger partial charge on any atom is 0.335 e. The number of carbonyl (C=O) groups is 1. The van der Waals surface area contributed by atoms with E-state index < -0.39 is 16.0 Å². The van der Waals surface area contributed by atoms with Crippen LogP contribution in [0.3, 0.4) is 0 Å². The maximum absolute atomic E-state index is 11.9. The van der Waals surface area contributed by atoms with Gasteiger partial charge in [0.05, 0.1) is 23.7 Å². The highest BCUT2D eigenvalue weighted by Gasteiger charge is 2.14. The first-order valence-electron chi connectivity index (χ1n) is 6.38. The molecule has 1 aromatic carbocycles. The number of sulfonamides is 1. The van der Waals surface area contributed by atoms with Gasteiger partial charge in [-0.3, -0.25) is 0 Å². The summed E-state index contributed by atoms with van der Waals surface area (Å²) in [5.41, 5.74) is 0.0426. The van der Waals surface area contributed by atoms with E-state index in [0.29, 0.717) is 6.61 Å². The Morgan fingerprint density at radius 1 is 1.24 bits per heavy atom. The second kappa shape index (κ2) is 8.08. The number of aromatic carboxylic acids is 1. The predicted molar refractivity (Wildman–Crippen MR) is 78.0 cm³/mol. The summed E-state index contributed by atoms with van der Waals surface area (Å²) in [5.74, 6) is -1.10. The van der Waals surface area contributed by atoms with E-state index in [1.54, 1.807) is 0 Å². The van der Waals surface area contributed by atoms with Crippen molar-refractivity contribution >= 4 is 16.0 Å². The highest BCUT2D eigenvalue weighted by molar-refractivity contribution is 7.89. The van der Waals surface area contributed by atoms with E-state index in [9.17, 15) is 13.2 Å². The van der Waals surface area contributed by atoms with Crippen LogP contribution in [0.15, 0.2) is 29.2 Å². The zero-order valence-corrected chi connectivity index (χ0v) is 12.9. The minimum Gasteiger partial charge on any atom is -0.478 e. The normalized spacial score (nSPS) is 11.8. The van der Waals surface area contributed by atoms with Gasteiger partial charge in [-0.05, 0) is 38.4 Å². The fourth-order valence-corrected chi connectivity index (χ4v) is 2.47. The molecule has 0 spiro atoms. The molecule has 7 nitrogen and oxygen atoms in total. The molecule has 0 atom stereocenters. The van der Waals surface area contributed by atoms with Crippen LogP contribution in [0, 0.1) is 0 Å². The molecular formula is C13H20N2O5S. The predicted octanol–water partition coefficient (Wildman–Crippen LogP) is 0.241. The quantitative estimate of drug-likeness (QED) is 0.634. The van der Waals surface area contributed by atoms with Gasteiger partial charge in [0.2, 0.25) is 10.0 Å². The Morgan fingerprint density at radius 3 is 2.38 bits per heavy atom. The monoisotopic (exact) mass is 316 g/mol. The maximum atomic E-state index is 11.9. The van der Waals surface area contributed by atoms with Crippen molar-refractivity contribution in [2.45, 2.75) is 4.90 Å². The summed E-state index contributed by atoms with van der Waals surface area (Å²) >= 11 is 0. The lowest BCUT2D eigenvalue weighted by molar-refractivity contribution is 0.0696. The molecule has 0 aromatic heterocycles. The molecule has 0 aliphatic carbocycles.